The Morgan fingerprint density at radius 1 is 1.06 bits per heavy atom. The van der Waals surface area contributed by atoms with Gasteiger partial charge < -0.3 is 5.32 Å². The standard InChI is InChI=1S/C24H22N8O3/c1-16-23(32(34)35)17(2)31(27-16)15-29-11-10-22(28-29)24(33)26-20-12-25-30(14-20)13-19-8-5-7-18-6-3-4-9-21(18)19/h3-12,14H,13,15H2,1-2H3,(H,26,33). The van der Waals surface area contributed by atoms with E-state index in [4.69, 9.17) is 0 Å². The summed E-state index contributed by atoms with van der Waals surface area (Å²) < 4.78 is 4.76. The molecule has 3 heterocycles. The first-order valence-corrected chi connectivity index (χ1v) is 10.9. The molecule has 0 fully saturated rings. The van der Waals surface area contributed by atoms with Gasteiger partial charge in [-0.2, -0.15) is 15.3 Å². The smallest absolute Gasteiger partial charge is 0.312 e. The Morgan fingerprint density at radius 2 is 1.86 bits per heavy atom. The highest BCUT2D eigenvalue weighted by molar-refractivity contribution is 6.02. The van der Waals surface area contributed by atoms with Crippen LogP contribution in [0, 0.1) is 24.0 Å². The molecule has 0 saturated heterocycles. The highest BCUT2D eigenvalue weighted by Crippen LogP contribution is 2.22. The number of hydrogen-bond donors (Lipinski definition) is 1. The summed E-state index contributed by atoms with van der Waals surface area (Å²) in [6.45, 7) is 3.94. The topological polar surface area (TPSA) is 126 Å². The zero-order valence-electron chi connectivity index (χ0n) is 19.1. The van der Waals surface area contributed by atoms with Crippen molar-refractivity contribution in [1.29, 1.82) is 0 Å². The van der Waals surface area contributed by atoms with Crippen LogP contribution in [0.3, 0.4) is 0 Å². The van der Waals surface area contributed by atoms with Crippen LogP contribution in [-0.2, 0) is 13.2 Å². The molecule has 0 bridgehead atoms. The van der Waals surface area contributed by atoms with E-state index in [9.17, 15) is 14.9 Å². The molecule has 0 radical (unpaired) electrons. The van der Waals surface area contributed by atoms with Crippen molar-refractivity contribution in [2.24, 2.45) is 0 Å². The van der Waals surface area contributed by atoms with Crippen molar-refractivity contribution in [3.63, 3.8) is 0 Å². The lowest BCUT2D eigenvalue weighted by Gasteiger charge is -2.06. The van der Waals surface area contributed by atoms with Crippen molar-refractivity contribution in [2.45, 2.75) is 27.1 Å². The van der Waals surface area contributed by atoms with Gasteiger partial charge in [0.25, 0.3) is 5.91 Å². The molecule has 11 heteroatoms. The van der Waals surface area contributed by atoms with E-state index in [0.29, 0.717) is 23.6 Å². The fourth-order valence-corrected chi connectivity index (χ4v) is 4.10. The number of nitrogens with zero attached hydrogens (tertiary/aromatic N) is 7. The maximum absolute atomic E-state index is 12.7. The number of aromatic nitrogens is 6. The molecular weight excluding hydrogens is 448 g/mol. The number of rotatable bonds is 7. The second-order valence-electron chi connectivity index (χ2n) is 8.18. The van der Waals surface area contributed by atoms with Gasteiger partial charge in [-0.05, 0) is 36.2 Å². The summed E-state index contributed by atoms with van der Waals surface area (Å²) in [6.07, 6.45) is 4.99. The van der Waals surface area contributed by atoms with Crippen LogP contribution in [0.25, 0.3) is 10.8 Å². The average Bonchev–Trinajstić information content (AvgIpc) is 3.54. The number of carbonyl (C=O) groups excluding carboxylic acids is 1. The average molecular weight is 470 g/mol. The first-order chi connectivity index (χ1) is 16.9. The summed E-state index contributed by atoms with van der Waals surface area (Å²) in [5.74, 6) is -0.382. The lowest BCUT2D eigenvalue weighted by molar-refractivity contribution is -0.386. The van der Waals surface area contributed by atoms with Crippen molar-refractivity contribution in [3.05, 3.63) is 99.9 Å². The van der Waals surface area contributed by atoms with Gasteiger partial charge in [-0.1, -0.05) is 42.5 Å². The van der Waals surface area contributed by atoms with Gasteiger partial charge >= 0.3 is 5.69 Å². The van der Waals surface area contributed by atoms with Crippen LogP contribution in [0.15, 0.2) is 67.1 Å². The van der Waals surface area contributed by atoms with Crippen molar-refractivity contribution < 1.29 is 9.72 Å². The minimum atomic E-state index is -0.448. The number of nitro groups is 1. The van der Waals surface area contributed by atoms with Gasteiger partial charge in [-0.3, -0.25) is 24.3 Å². The van der Waals surface area contributed by atoms with Gasteiger partial charge in [0, 0.05) is 12.4 Å². The lowest BCUT2D eigenvalue weighted by atomic mass is 10.0. The Hall–Kier alpha value is -4.80. The molecule has 5 rings (SSSR count). The van der Waals surface area contributed by atoms with E-state index < -0.39 is 4.92 Å². The van der Waals surface area contributed by atoms with Crippen LogP contribution >= 0.6 is 0 Å². The van der Waals surface area contributed by atoms with Crippen molar-refractivity contribution in [3.8, 4) is 0 Å². The molecule has 1 amide bonds. The Bertz CT molecular complexity index is 1560. The number of anilines is 1. The number of aryl methyl sites for hydroxylation is 1. The largest absolute Gasteiger partial charge is 0.318 e. The summed E-state index contributed by atoms with van der Waals surface area (Å²) in [4.78, 5) is 23.5. The molecule has 2 aromatic carbocycles. The molecule has 3 aromatic heterocycles. The van der Waals surface area contributed by atoms with Gasteiger partial charge in [0.15, 0.2) is 5.69 Å². The van der Waals surface area contributed by atoms with Crippen LogP contribution in [0.5, 0.6) is 0 Å². The van der Waals surface area contributed by atoms with E-state index in [1.165, 1.54) is 9.36 Å². The molecule has 0 aliphatic heterocycles. The van der Waals surface area contributed by atoms with Gasteiger partial charge in [0.2, 0.25) is 0 Å². The summed E-state index contributed by atoms with van der Waals surface area (Å²) >= 11 is 0. The molecule has 0 unspecified atom stereocenters. The molecule has 0 aliphatic carbocycles. The number of benzene rings is 2. The van der Waals surface area contributed by atoms with Crippen LogP contribution in [0.1, 0.15) is 27.4 Å². The second-order valence-corrected chi connectivity index (χ2v) is 8.18. The zero-order valence-corrected chi connectivity index (χ0v) is 19.1. The molecule has 1 N–H and O–H groups in total. The number of nitrogens with one attached hydrogen (secondary N) is 1. The third kappa shape index (κ3) is 4.38. The SMILES string of the molecule is Cc1nn(Cn2ccc(C(=O)Nc3cnn(Cc4cccc5ccccc45)c3)n2)c(C)c1[N+](=O)[O-]. The highest BCUT2D eigenvalue weighted by Gasteiger charge is 2.22. The third-order valence-corrected chi connectivity index (χ3v) is 5.78. The molecule has 176 valence electrons. The van der Waals surface area contributed by atoms with Gasteiger partial charge in [0.05, 0.1) is 23.4 Å². The maximum Gasteiger partial charge on any atom is 0.312 e. The van der Waals surface area contributed by atoms with E-state index in [2.05, 4.69) is 44.9 Å². The highest BCUT2D eigenvalue weighted by atomic mass is 16.6. The summed E-state index contributed by atoms with van der Waals surface area (Å²) in [6, 6.07) is 15.9. The quantitative estimate of drug-likeness (QED) is 0.285. The van der Waals surface area contributed by atoms with E-state index in [1.54, 1.807) is 43.2 Å². The predicted octanol–water partition coefficient (Wildman–Crippen LogP) is 3.76. The van der Waals surface area contributed by atoms with Crippen molar-refractivity contribution in [1.82, 2.24) is 29.3 Å². The number of amides is 1. The molecule has 0 atom stereocenters. The fourth-order valence-electron chi connectivity index (χ4n) is 4.10. The lowest BCUT2D eigenvalue weighted by Crippen LogP contribution is -2.15. The van der Waals surface area contributed by atoms with Gasteiger partial charge in [0.1, 0.15) is 18.1 Å². The Balaban J connectivity index is 1.26. The first-order valence-electron chi connectivity index (χ1n) is 10.9. The molecule has 11 nitrogen and oxygen atoms in total. The number of carbonyl (C=O) groups is 1. The minimum Gasteiger partial charge on any atom is -0.318 e. The fraction of sp³-hybridized carbons (Fsp3) is 0.167. The minimum absolute atomic E-state index is 0.0179. The Morgan fingerprint density at radius 3 is 2.66 bits per heavy atom. The monoisotopic (exact) mass is 470 g/mol. The van der Waals surface area contributed by atoms with E-state index in [0.717, 1.165) is 16.3 Å². The summed E-state index contributed by atoms with van der Waals surface area (Å²) in [5, 5.41) is 29.2. The maximum atomic E-state index is 12.7. The van der Waals surface area contributed by atoms with E-state index in [-0.39, 0.29) is 24.0 Å². The normalized spacial score (nSPS) is 11.1. The van der Waals surface area contributed by atoms with E-state index >= 15 is 0 Å². The molecule has 0 saturated carbocycles. The third-order valence-electron chi connectivity index (χ3n) is 5.78. The predicted molar refractivity (Wildman–Crippen MR) is 129 cm³/mol. The zero-order chi connectivity index (χ0) is 24.5. The van der Waals surface area contributed by atoms with Crippen molar-refractivity contribution >= 4 is 28.1 Å². The van der Waals surface area contributed by atoms with Crippen LogP contribution < -0.4 is 5.32 Å². The molecule has 35 heavy (non-hydrogen) atoms. The van der Waals surface area contributed by atoms with E-state index in [1.807, 2.05) is 18.2 Å². The van der Waals surface area contributed by atoms with Gasteiger partial charge in [-0.25, -0.2) is 4.68 Å². The van der Waals surface area contributed by atoms with Crippen LogP contribution in [-0.4, -0.2) is 40.2 Å². The first kappa shape index (κ1) is 22.0. The van der Waals surface area contributed by atoms with Crippen molar-refractivity contribution in [2.75, 3.05) is 5.32 Å². The molecule has 5 aromatic rings. The Kier molecular flexibility index (Phi) is 5.57. The van der Waals surface area contributed by atoms with Crippen LogP contribution in [0.2, 0.25) is 0 Å². The number of fused-ring (bicyclic) bond motifs is 1. The van der Waals surface area contributed by atoms with Gasteiger partial charge in [-0.15, -0.1) is 0 Å². The second kappa shape index (κ2) is 8.86. The Labute approximate surface area is 199 Å². The molecule has 0 spiro atoms. The number of hydrogen-bond acceptors (Lipinski definition) is 6. The summed E-state index contributed by atoms with van der Waals surface area (Å²) in [7, 11) is 0. The summed E-state index contributed by atoms with van der Waals surface area (Å²) in [5.41, 5.74) is 2.63. The molecular formula is C24H22N8O3. The van der Waals surface area contributed by atoms with Crippen LogP contribution in [0.4, 0.5) is 11.4 Å². The molecule has 0 aliphatic rings.